The van der Waals surface area contributed by atoms with E-state index in [1.165, 1.54) is 100 Å². The standard InChI is InChI=1S/C37H42O2.C31H30O2/c1-7-9-19-38-35-17-13-29(23-27(35)5)37(30-14-18-36(28(6)24-30)39-20-10-8-2)33-21-25(3)11-15-31(33)32-16-12-26(4)22-34(32)37;1-19-7-11-25-26-12-8-20(2)16-28(26)31(27(25)15-19,23-9-13-29(32-5)21(3)17-23)24-10-14-30(33-6)22(4)18-24/h11-18,21-24H,7-10,19-20H2,1-6H3;7-18H,1-6H3. The van der Waals surface area contributed by atoms with E-state index < -0.39 is 10.8 Å². The maximum absolute atomic E-state index is 6.18. The molecular formula is C68H72O4. The number of rotatable bonds is 14. The van der Waals surface area contributed by atoms with Crippen LogP contribution < -0.4 is 18.9 Å². The van der Waals surface area contributed by atoms with E-state index in [1.807, 2.05) is 0 Å². The summed E-state index contributed by atoms with van der Waals surface area (Å²) in [5.41, 5.74) is 24.5. The number of aryl methyl sites for hydroxylation is 8. The minimum atomic E-state index is -0.428. The van der Waals surface area contributed by atoms with Crippen LogP contribution in [-0.4, -0.2) is 27.4 Å². The van der Waals surface area contributed by atoms with Crippen molar-refractivity contribution < 1.29 is 18.9 Å². The van der Waals surface area contributed by atoms with E-state index in [1.54, 1.807) is 14.2 Å². The van der Waals surface area contributed by atoms with Gasteiger partial charge in [0.05, 0.1) is 38.3 Å². The molecule has 0 N–H and O–H groups in total. The Bertz CT molecular complexity index is 3080. The summed E-state index contributed by atoms with van der Waals surface area (Å²) in [7, 11) is 3.47. The van der Waals surface area contributed by atoms with Crippen molar-refractivity contribution in [3.8, 4) is 45.3 Å². The van der Waals surface area contributed by atoms with Gasteiger partial charge in [-0.05, 0) is 182 Å². The topological polar surface area (TPSA) is 36.9 Å². The first kappa shape index (κ1) is 49.9. The first-order valence-electron chi connectivity index (χ1n) is 26.0. The van der Waals surface area contributed by atoms with Gasteiger partial charge in [-0.25, -0.2) is 0 Å². The highest BCUT2D eigenvalue weighted by molar-refractivity contribution is 5.88. The molecule has 0 heterocycles. The van der Waals surface area contributed by atoms with E-state index in [9.17, 15) is 0 Å². The summed E-state index contributed by atoms with van der Waals surface area (Å²) in [6.07, 6.45) is 4.39. The molecule has 0 bridgehead atoms. The summed E-state index contributed by atoms with van der Waals surface area (Å²) >= 11 is 0. The van der Waals surface area contributed by atoms with Crippen molar-refractivity contribution in [1.82, 2.24) is 0 Å². The van der Waals surface area contributed by atoms with Crippen LogP contribution in [0.25, 0.3) is 22.3 Å². The Morgan fingerprint density at radius 1 is 0.319 bits per heavy atom. The molecule has 10 rings (SSSR count). The first-order chi connectivity index (χ1) is 34.8. The molecule has 0 amide bonds. The van der Waals surface area contributed by atoms with Crippen LogP contribution in [0.1, 0.15) is 129 Å². The molecule has 2 aliphatic carbocycles. The van der Waals surface area contributed by atoms with Crippen LogP contribution in [-0.2, 0) is 10.8 Å². The lowest BCUT2D eigenvalue weighted by atomic mass is 9.67. The molecule has 0 aliphatic heterocycles. The van der Waals surface area contributed by atoms with E-state index in [4.69, 9.17) is 18.9 Å². The molecule has 0 saturated heterocycles. The zero-order chi connectivity index (χ0) is 50.9. The number of unbranched alkanes of at least 4 members (excludes halogenated alkanes) is 2. The molecule has 368 valence electrons. The summed E-state index contributed by atoms with van der Waals surface area (Å²) in [5, 5.41) is 0. The van der Waals surface area contributed by atoms with Gasteiger partial charge >= 0.3 is 0 Å². The van der Waals surface area contributed by atoms with E-state index in [2.05, 4.69) is 215 Å². The second kappa shape index (κ2) is 20.6. The smallest absolute Gasteiger partial charge is 0.122 e. The fraction of sp³-hybridized carbons (Fsp3) is 0.294. The van der Waals surface area contributed by atoms with Crippen LogP contribution in [0.3, 0.4) is 0 Å². The monoisotopic (exact) mass is 953 g/mol. The van der Waals surface area contributed by atoms with E-state index in [0.29, 0.717) is 0 Å². The molecular weight excluding hydrogens is 881 g/mol. The summed E-state index contributed by atoms with van der Waals surface area (Å²) in [6.45, 7) is 23.3. The van der Waals surface area contributed by atoms with Crippen molar-refractivity contribution in [2.45, 2.75) is 106 Å². The maximum Gasteiger partial charge on any atom is 0.122 e. The van der Waals surface area contributed by atoms with Gasteiger partial charge in [-0.15, -0.1) is 0 Å². The van der Waals surface area contributed by atoms with Gasteiger partial charge < -0.3 is 18.9 Å². The number of fused-ring (bicyclic) bond motifs is 6. The molecule has 0 saturated carbocycles. The second-order valence-electron chi connectivity index (χ2n) is 20.4. The number of ether oxygens (including phenoxy) is 4. The van der Waals surface area contributed by atoms with E-state index in [0.717, 1.165) is 73.0 Å². The molecule has 0 radical (unpaired) electrons. The summed E-state index contributed by atoms with van der Waals surface area (Å²) in [5.74, 6) is 3.77. The summed E-state index contributed by atoms with van der Waals surface area (Å²) < 4.78 is 23.6. The SMILES string of the molecule is CCCCOc1ccc(C2(c3ccc(OCCCC)c(C)c3)c3cc(C)ccc3-c3ccc(C)cc32)cc1C.COc1ccc(C2(c3ccc(OC)c(C)c3)c3cc(C)ccc3-c3ccc(C)cc32)cc1C. The molecule has 0 atom stereocenters. The molecule has 0 unspecified atom stereocenters. The van der Waals surface area contributed by atoms with Crippen molar-refractivity contribution in [3.05, 3.63) is 235 Å². The number of methoxy groups -OCH3 is 2. The van der Waals surface area contributed by atoms with Crippen LogP contribution in [0, 0.1) is 55.4 Å². The van der Waals surface area contributed by atoms with Crippen molar-refractivity contribution in [1.29, 1.82) is 0 Å². The van der Waals surface area contributed by atoms with Crippen LogP contribution in [0.15, 0.2) is 146 Å². The predicted octanol–water partition coefficient (Wildman–Crippen LogP) is 16.9. The van der Waals surface area contributed by atoms with Crippen molar-refractivity contribution in [3.63, 3.8) is 0 Å². The van der Waals surface area contributed by atoms with Crippen LogP contribution >= 0.6 is 0 Å². The molecule has 8 aromatic carbocycles. The molecule has 72 heavy (non-hydrogen) atoms. The normalized spacial score (nSPS) is 13.3. The molecule has 8 aromatic rings. The highest BCUT2D eigenvalue weighted by atomic mass is 16.5. The van der Waals surface area contributed by atoms with E-state index >= 15 is 0 Å². The zero-order valence-electron chi connectivity index (χ0n) is 44.7. The Kier molecular flexibility index (Phi) is 14.3. The van der Waals surface area contributed by atoms with Crippen molar-refractivity contribution >= 4 is 0 Å². The van der Waals surface area contributed by atoms with Crippen LogP contribution in [0.5, 0.6) is 23.0 Å². The highest BCUT2D eigenvalue weighted by Gasteiger charge is 2.48. The van der Waals surface area contributed by atoms with Crippen molar-refractivity contribution in [2.24, 2.45) is 0 Å². The number of benzene rings is 8. The zero-order valence-corrected chi connectivity index (χ0v) is 44.7. The minimum absolute atomic E-state index is 0.420. The molecule has 2 aliphatic rings. The third kappa shape index (κ3) is 8.67. The maximum atomic E-state index is 6.18. The van der Waals surface area contributed by atoms with Gasteiger partial charge in [-0.1, -0.05) is 170 Å². The first-order valence-corrected chi connectivity index (χ1v) is 26.0. The Balaban J connectivity index is 0.000000180. The third-order valence-corrected chi connectivity index (χ3v) is 15.3. The lowest BCUT2D eigenvalue weighted by Gasteiger charge is -2.35. The fourth-order valence-corrected chi connectivity index (χ4v) is 11.6. The summed E-state index contributed by atoms with van der Waals surface area (Å²) in [4.78, 5) is 0. The minimum Gasteiger partial charge on any atom is -0.496 e. The lowest BCUT2D eigenvalue weighted by molar-refractivity contribution is 0.307. The van der Waals surface area contributed by atoms with Gasteiger partial charge in [0, 0.05) is 0 Å². The van der Waals surface area contributed by atoms with Gasteiger partial charge in [-0.3, -0.25) is 0 Å². The average Bonchev–Trinajstić information content (AvgIpc) is 3.81. The Labute approximate surface area is 430 Å². The fourth-order valence-electron chi connectivity index (χ4n) is 11.6. The predicted molar refractivity (Wildman–Crippen MR) is 299 cm³/mol. The van der Waals surface area contributed by atoms with E-state index in [-0.39, 0.29) is 0 Å². The molecule has 0 spiro atoms. The molecule has 0 aromatic heterocycles. The van der Waals surface area contributed by atoms with Crippen molar-refractivity contribution in [2.75, 3.05) is 27.4 Å². The van der Waals surface area contributed by atoms with Gasteiger partial charge in [0.1, 0.15) is 23.0 Å². The average molecular weight is 953 g/mol. The van der Waals surface area contributed by atoms with Gasteiger partial charge in [0.2, 0.25) is 0 Å². The van der Waals surface area contributed by atoms with Gasteiger partial charge in [0.25, 0.3) is 0 Å². The largest absolute Gasteiger partial charge is 0.496 e. The molecule has 4 nitrogen and oxygen atoms in total. The highest BCUT2D eigenvalue weighted by Crippen LogP contribution is 2.59. The molecule has 4 heteroatoms. The quantitative estimate of drug-likeness (QED) is 0.102. The van der Waals surface area contributed by atoms with Gasteiger partial charge in [0.15, 0.2) is 0 Å². The van der Waals surface area contributed by atoms with Crippen LogP contribution in [0.2, 0.25) is 0 Å². The second-order valence-corrected chi connectivity index (χ2v) is 20.4. The number of hydrogen-bond acceptors (Lipinski definition) is 4. The lowest BCUT2D eigenvalue weighted by Crippen LogP contribution is -2.29. The Morgan fingerprint density at radius 2 is 0.583 bits per heavy atom. The summed E-state index contributed by atoms with van der Waals surface area (Å²) in [6, 6.07) is 54.5. The molecule has 0 fully saturated rings. The number of hydrogen-bond donors (Lipinski definition) is 0. The Morgan fingerprint density at radius 3 is 0.819 bits per heavy atom. The van der Waals surface area contributed by atoms with Crippen LogP contribution in [0.4, 0.5) is 0 Å². The van der Waals surface area contributed by atoms with Gasteiger partial charge in [-0.2, -0.15) is 0 Å². The Hall–Kier alpha value is -7.04. The third-order valence-electron chi connectivity index (χ3n) is 15.3.